The summed E-state index contributed by atoms with van der Waals surface area (Å²) in [6.45, 7) is 6.38. The minimum Gasteiger partial charge on any atom is -0.485 e. The van der Waals surface area contributed by atoms with Crippen LogP contribution in [0.15, 0.2) is 28.8 Å². The van der Waals surface area contributed by atoms with Crippen LogP contribution in [0.1, 0.15) is 56.4 Å². The zero-order chi connectivity index (χ0) is 14.5. The van der Waals surface area contributed by atoms with Crippen molar-refractivity contribution in [3.63, 3.8) is 0 Å². The van der Waals surface area contributed by atoms with E-state index in [1.807, 2.05) is 38.1 Å². The standard InChI is InChI=1S/C15H21N3O2/c1-4-13(16)11-5-7-12(8-6-11)19-9-14-17-15(10(2)3)20-18-14/h5-8,10,13H,4,9,16H2,1-3H3. The van der Waals surface area contributed by atoms with Crippen LogP contribution in [-0.2, 0) is 6.61 Å². The lowest BCUT2D eigenvalue weighted by molar-refractivity contribution is 0.284. The fourth-order valence-electron chi connectivity index (χ4n) is 1.76. The predicted molar refractivity (Wildman–Crippen MR) is 76.4 cm³/mol. The first kappa shape index (κ1) is 14.5. The van der Waals surface area contributed by atoms with Crippen LogP contribution in [0.3, 0.4) is 0 Å². The maximum absolute atomic E-state index is 5.97. The number of hydrogen-bond donors (Lipinski definition) is 1. The Kier molecular flexibility index (Phi) is 4.74. The van der Waals surface area contributed by atoms with Crippen molar-refractivity contribution in [2.24, 2.45) is 5.73 Å². The lowest BCUT2D eigenvalue weighted by Gasteiger charge is -2.10. The molecule has 5 nitrogen and oxygen atoms in total. The van der Waals surface area contributed by atoms with Crippen LogP contribution in [0.5, 0.6) is 5.75 Å². The van der Waals surface area contributed by atoms with Gasteiger partial charge in [-0.25, -0.2) is 0 Å². The SMILES string of the molecule is CCC(N)c1ccc(OCc2noc(C(C)C)n2)cc1. The van der Waals surface area contributed by atoms with E-state index in [9.17, 15) is 0 Å². The van der Waals surface area contributed by atoms with Crippen molar-refractivity contribution in [1.29, 1.82) is 0 Å². The molecule has 2 rings (SSSR count). The first-order valence-electron chi connectivity index (χ1n) is 6.91. The molecule has 0 amide bonds. The highest BCUT2D eigenvalue weighted by Crippen LogP contribution is 2.19. The second-order valence-electron chi connectivity index (χ2n) is 5.08. The summed E-state index contributed by atoms with van der Waals surface area (Å²) in [5, 5.41) is 3.88. The number of rotatable bonds is 6. The van der Waals surface area contributed by atoms with Crippen LogP contribution in [0.2, 0.25) is 0 Å². The van der Waals surface area contributed by atoms with E-state index < -0.39 is 0 Å². The van der Waals surface area contributed by atoms with Gasteiger partial charge in [0.15, 0.2) is 6.61 Å². The molecule has 0 bridgehead atoms. The van der Waals surface area contributed by atoms with Crippen LogP contribution in [-0.4, -0.2) is 10.1 Å². The second kappa shape index (κ2) is 6.52. The third kappa shape index (κ3) is 3.57. The van der Waals surface area contributed by atoms with E-state index in [4.69, 9.17) is 15.0 Å². The van der Waals surface area contributed by atoms with Crippen molar-refractivity contribution >= 4 is 0 Å². The summed E-state index contributed by atoms with van der Waals surface area (Å²) >= 11 is 0. The first-order valence-corrected chi connectivity index (χ1v) is 6.91. The highest BCUT2D eigenvalue weighted by atomic mass is 16.5. The minimum absolute atomic E-state index is 0.0786. The molecule has 1 unspecified atom stereocenters. The van der Waals surface area contributed by atoms with E-state index in [0.717, 1.165) is 17.7 Å². The van der Waals surface area contributed by atoms with E-state index in [-0.39, 0.29) is 12.0 Å². The average Bonchev–Trinajstić information content (AvgIpc) is 2.94. The molecule has 0 aliphatic heterocycles. The fraction of sp³-hybridized carbons (Fsp3) is 0.467. The molecule has 0 saturated carbocycles. The molecule has 0 aliphatic rings. The summed E-state index contributed by atoms with van der Waals surface area (Å²) in [6, 6.07) is 7.87. The molecule has 1 aromatic heterocycles. The maximum atomic E-state index is 5.97. The molecule has 108 valence electrons. The molecule has 1 atom stereocenters. The van der Waals surface area contributed by atoms with Gasteiger partial charge in [-0.2, -0.15) is 4.98 Å². The third-order valence-electron chi connectivity index (χ3n) is 3.09. The number of nitrogens with zero attached hydrogens (tertiary/aromatic N) is 2. The Morgan fingerprint density at radius 3 is 2.50 bits per heavy atom. The van der Waals surface area contributed by atoms with E-state index in [1.165, 1.54) is 0 Å². The van der Waals surface area contributed by atoms with Crippen LogP contribution in [0.25, 0.3) is 0 Å². The van der Waals surface area contributed by atoms with Crippen molar-refractivity contribution in [3.05, 3.63) is 41.5 Å². The molecule has 1 aromatic carbocycles. The summed E-state index contributed by atoms with van der Waals surface area (Å²) in [5.41, 5.74) is 7.08. The lowest BCUT2D eigenvalue weighted by Crippen LogP contribution is -2.08. The van der Waals surface area contributed by atoms with Crippen molar-refractivity contribution < 1.29 is 9.26 Å². The number of nitrogens with two attached hydrogens (primary N) is 1. The van der Waals surface area contributed by atoms with Crippen molar-refractivity contribution in [2.45, 2.75) is 45.8 Å². The minimum atomic E-state index is 0.0786. The Morgan fingerprint density at radius 2 is 1.95 bits per heavy atom. The van der Waals surface area contributed by atoms with Gasteiger partial charge in [0, 0.05) is 12.0 Å². The van der Waals surface area contributed by atoms with Crippen LogP contribution < -0.4 is 10.5 Å². The molecular formula is C15H21N3O2. The largest absolute Gasteiger partial charge is 0.485 e. The van der Waals surface area contributed by atoms with Gasteiger partial charge in [0.2, 0.25) is 11.7 Å². The van der Waals surface area contributed by atoms with E-state index in [1.54, 1.807) is 0 Å². The molecule has 2 N–H and O–H groups in total. The van der Waals surface area contributed by atoms with Crippen LogP contribution in [0, 0.1) is 0 Å². The molecule has 1 heterocycles. The molecule has 2 aromatic rings. The predicted octanol–water partition coefficient (Wildman–Crippen LogP) is 3.18. The normalized spacial score (nSPS) is 12.7. The first-order chi connectivity index (χ1) is 9.60. The van der Waals surface area contributed by atoms with Crippen molar-refractivity contribution in [2.75, 3.05) is 0 Å². The Labute approximate surface area is 119 Å². The molecular weight excluding hydrogens is 254 g/mol. The zero-order valence-corrected chi connectivity index (χ0v) is 12.2. The third-order valence-corrected chi connectivity index (χ3v) is 3.09. The maximum Gasteiger partial charge on any atom is 0.229 e. The molecule has 0 fully saturated rings. The summed E-state index contributed by atoms with van der Waals surface area (Å²) in [7, 11) is 0. The van der Waals surface area contributed by atoms with Crippen molar-refractivity contribution in [1.82, 2.24) is 10.1 Å². The van der Waals surface area contributed by atoms with Gasteiger partial charge in [-0.15, -0.1) is 0 Å². The van der Waals surface area contributed by atoms with Gasteiger partial charge < -0.3 is 15.0 Å². The number of benzene rings is 1. The summed E-state index contributed by atoms with van der Waals surface area (Å²) in [6.07, 6.45) is 0.918. The van der Waals surface area contributed by atoms with Crippen LogP contribution >= 0.6 is 0 Å². The summed E-state index contributed by atoms with van der Waals surface area (Å²) < 4.78 is 10.7. The molecule has 20 heavy (non-hydrogen) atoms. The number of hydrogen-bond acceptors (Lipinski definition) is 5. The Hall–Kier alpha value is -1.88. The van der Waals surface area contributed by atoms with Gasteiger partial charge in [0.05, 0.1) is 0 Å². The topological polar surface area (TPSA) is 74.2 Å². The molecule has 0 aliphatic carbocycles. The lowest BCUT2D eigenvalue weighted by atomic mass is 10.1. The van der Waals surface area contributed by atoms with Gasteiger partial charge in [-0.1, -0.05) is 38.1 Å². The monoisotopic (exact) mass is 275 g/mol. The van der Waals surface area contributed by atoms with Gasteiger partial charge in [-0.05, 0) is 24.1 Å². The number of aromatic nitrogens is 2. The van der Waals surface area contributed by atoms with Crippen molar-refractivity contribution in [3.8, 4) is 5.75 Å². The second-order valence-corrected chi connectivity index (χ2v) is 5.08. The quantitative estimate of drug-likeness (QED) is 0.876. The van der Waals surface area contributed by atoms with E-state index in [0.29, 0.717) is 18.3 Å². The number of ether oxygens (including phenoxy) is 1. The molecule has 0 saturated heterocycles. The molecule has 0 spiro atoms. The fourth-order valence-corrected chi connectivity index (χ4v) is 1.76. The highest BCUT2D eigenvalue weighted by molar-refractivity contribution is 5.29. The van der Waals surface area contributed by atoms with Gasteiger partial charge in [-0.3, -0.25) is 0 Å². The van der Waals surface area contributed by atoms with Crippen LogP contribution in [0.4, 0.5) is 0 Å². The van der Waals surface area contributed by atoms with Gasteiger partial charge in [0.25, 0.3) is 0 Å². The van der Waals surface area contributed by atoms with Gasteiger partial charge >= 0.3 is 0 Å². The summed E-state index contributed by atoms with van der Waals surface area (Å²) in [4.78, 5) is 4.26. The smallest absolute Gasteiger partial charge is 0.229 e. The Balaban J connectivity index is 1.93. The summed E-state index contributed by atoms with van der Waals surface area (Å²) in [5.74, 6) is 2.19. The van der Waals surface area contributed by atoms with E-state index >= 15 is 0 Å². The van der Waals surface area contributed by atoms with Gasteiger partial charge in [0.1, 0.15) is 5.75 Å². The Bertz CT molecular complexity index is 534. The Morgan fingerprint density at radius 1 is 1.25 bits per heavy atom. The molecule has 5 heteroatoms. The molecule has 0 radical (unpaired) electrons. The average molecular weight is 275 g/mol. The highest BCUT2D eigenvalue weighted by Gasteiger charge is 2.10. The van der Waals surface area contributed by atoms with E-state index in [2.05, 4.69) is 17.1 Å². The zero-order valence-electron chi connectivity index (χ0n) is 12.2.